The normalized spacial score (nSPS) is 10.1. The van der Waals surface area contributed by atoms with Crippen LogP contribution in [0.1, 0.15) is 12.8 Å². The van der Waals surface area contributed by atoms with Crippen LogP contribution in [0, 0.1) is 0 Å². The van der Waals surface area contributed by atoms with Gasteiger partial charge in [0.25, 0.3) is 0 Å². The number of nitrogens with zero attached hydrogens (tertiary/aromatic N) is 2. The van der Waals surface area contributed by atoms with Gasteiger partial charge in [0, 0.05) is 24.3 Å². The Morgan fingerprint density at radius 1 is 1.50 bits per heavy atom. The largest absolute Gasteiger partial charge is 0.347 e. The van der Waals surface area contributed by atoms with E-state index in [0.717, 1.165) is 24.7 Å². The zero-order chi connectivity index (χ0) is 8.81. The van der Waals surface area contributed by atoms with Crippen LogP contribution in [0.25, 0.3) is 0 Å². The van der Waals surface area contributed by atoms with E-state index in [1.54, 1.807) is 16.8 Å². The highest BCUT2D eigenvalue weighted by atomic mass is 79.9. The smallest absolute Gasteiger partial charge is 0.299 e. The molecule has 1 heterocycles. The van der Waals surface area contributed by atoms with Crippen molar-refractivity contribution in [2.24, 2.45) is 0 Å². The van der Waals surface area contributed by atoms with Crippen LogP contribution in [-0.2, 0) is 6.54 Å². The molecule has 0 bridgehead atoms. The zero-order valence-corrected chi connectivity index (χ0v) is 8.33. The van der Waals surface area contributed by atoms with Crippen LogP contribution in [0.4, 0.5) is 0 Å². The SMILES string of the molecule is O=c1ncccn1CCCCBr. The van der Waals surface area contributed by atoms with Crippen molar-refractivity contribution in [1.82, 2.24) is 9.55 Å². The lowest BCUT2D eigenvalue weighted by Crippen LogP contribution is -2.21. The predicted octanol–water partition coefficient (Wildman–Crippen LogP) is 1.42. The molecule has 1 rings (SSSR count). The van der Waals surface area contributed by atoms with Crippen LogP contribution in [-0.4, -0.2) is 14.9 Å². The summed E-state index contributed by atoms with van der Waals surface area (Å²) in [4.78, 5) is 14.7. The highest BCUT2D eigenvalue weighted by Gasteiger charge is 1.93. The quantitative estimate of drug-likeness (QED) is 0.580. The molecule has 0 atom stereocenters. The summed E-state index contributed by atoms with van der Waals surface area (Å²) in [5.41, 5.74) is -0.160. The van der Waals surface area contributed by atoms with Gasteiger partial charge in [-0.2, -0.15) is 0 Å². The molecule has 0 N–H and O–H groups in total. The number of halogens is 1. The van der Waals surface area contributed by atoms with Gasteiger partial charge in [-0.05, 0) is 18.9 Å². The molecule has 66 valence electrons. The highest BCUT2D eigenvalue weighted by molar-refractivity contribution is 9.09. The van der Waals surface area contributed by atoms with Crippen molar-refractivity contribution in [3.8, 4) is 0 Å². The van der Waals surface area contributed by atoms with Gasteiger partial charge in [0.05, 0.1) is 0 Å². The first-order valence-electron chi connectivity index (χ1n) is 3.92. The molecule has 4 heteroatoms. The van der Waals surface area contributed by atoms with Gasteiger partial charge >= 0.3 is 5.69 Å². The lowest BCUT2D eigenvalue weighted by atomic mass is 10.3. The van der Waals surface area contributed by atoms with Gasteiger partial charge in [-0.15, -0.1) is 0 Å². The van der Waals surface area contributed by atoms with Gasteiger partial charge in [0.1, 0.15) is 0 Å². The third-order valence-corrected chi connectivity index (χ3v) is 2.13. The number of hydrogen-bond acceptors (Lipinski definition) is 2. The summed E-state index contributed by atoms with van der Waals surface area (Å²) in [6, 6.07) is 1.77. The van der Waals surface area contributed by atoms with Gasteiger partial charge in [-0.1, -0.05) is 15.9 Å². The van der Waals surface area contributed by atoms with E-state index in [9.17, 15) is 4.79 Å². The monoisotopic (exact) mass is 230 g/mol. The number of unbranched alkanes of at least 4 members (excludes halogenated alkanes) is 1. The molecular formula is C8H11BrN2O. The molecule has 0 aromatic carbocycles. The van der Waals surface area contributed by atoms with Crippen molar-refractivity contribution in [3.63, 3.8) is 0 Å². The lowest BCUT2D eigenvalue weighted by molar-refractivity contribution is 0.602. The Morgan fingerprint density at radius 2 is 2.33 bits per heavy atom. The first-order valence-corrected chi connectivity index (χ1v) is 5.04. The number of rotatable bonds is 4. The van der Waals surface area contributed by atoms with Crippen molar-refractivity contribution in [3.05, 3.63) is 28.9 Å². The van der Waals surface area contributed by atoms with Crippen LogP contribution < -0.4 is 5.69 Å². The maximum Gasteiger partial charge on any atom is 0.347 e. The molecule has 0 saturated heterocycles. The minimum atomic E-state index is -0.160. The fraction of sp³-hybridized carbons (Fsp3) is 0.500. The molecule has 0 radical (unpaired) electrons. The first-order chi connectivity index (χ1) is 5.84. The van der Waals surface area contributed by atoms with Crippen LogP contribution >= 0.6 is 15.9 Å². The third-order valence-electron chi connectivity index (χ3n) is 1.57. The summed E-state index contributed by atoms with van der Waals surface area (Å²) >= 11 is 3.34. The molecule has 0 fully saturated rings. The van der Waals surface area contributed by atoms with Crippen LogP contribution in [0.3, 0.4) is 0 Å². The number of aryl methyl sites for hydroxylation is 1. The molecule has 0 unspecified atom stereocenters. The molecule has 0 amide bonds. The predicted molar refractivity (Wildman–Crippen MR) is 51.5 cm³/mol. The fourth-order valence-electron chi connectivity index (χ4n) is 0.934. The summed E-state index contributed by atoms with van der Waals surface area (Å²) in [5, 5.41) is 0.988. The number of aromatic nitrogens is 2. The molecular weight excluding hydrogens is 220 g/mol. The fourth-order valence-corrected chi connectivity index (χ4v) is 1.33. The van der Waals surface area contributed by atoms with Crippen molar-refractivity contribution >= 4 is 15.9 Å². The summed E-state index contributed by atoms with van der Waals surface area (Å²) < 4.78 is 1.63. The third kappa shape index (κ3) is 2.77. The molecule has 1 aromatic heterocycles. The van der Waals surface area contributed by atoms with Gasteiger partial charge in [-0.3, -0.25) is 4.57 Å². The van der Waals surface area contributed by atoms with E-state index in [-0.39, 0.29) is 5.69 Å². The second-order valence-corrected chi connectivity index (χ2v) is 3.28. The minimum absolute atomic E-state index is 0.160. The van der Waals surface area contributed by atoms with E-state index in [0.29, 0.717) is 0 Å². The van der Waals surface area contributed by atoms with Gasteiger partial charge in [0.15, 0.2) is 0 Å². The summed E-state index contributed by atoms with van der Waals surface area (Å²) in [6.07, 6.45) is 5.38. The Bertz CT molecular complexity index is 284. The van der Waals surface area contributed by atoms with E-state index in [4.69, 9.17) is 0 Å². The summed E-state index contributed by atoms with van der Waals surface area (Å²) in [5.74, 6) is 0. The summed E-state index contributed by atoms with van der Waals surface area (Å²) in [7, 11) is 0. The molecule has 0 spiro atoms. The molecule has 0 saturated carbocycles. The maximum atomic E-state index is 11.1. The average Bonchev–Trinajstić information content (AvgIpc) is 2.09. The summed E-state index contributed by atoms with van der Waals surface area (Å²) in [6.45, 7) is 0.762. The Morgan fingerprint density at radius 3 is 3.00 bits per heavy atom. The van der Waals surface area contributed by atoms with E-state index in [1.165, 1.54) is 6.20 Å². The number of hydrogen-bond donors (Lipinski definition) is 0. The Hall–Kier alpha value is -0.640. The second kappa shape index (κ2) is 5.09. The molecule has 0 aliphatic carbocycles. The Labute approximate surface area is 79.6 Å². The van der Waals surface area contributed by atoms with Crippen LogP contribution in [0.5, 0.6) is 0 Å². The van der Waals surface area contributed by atoms with E-state index >= 15 is 0 Å². The highest BCUT2D eigenvalue weighted by Crippen LogP contribution is 1.95. The molecule has 0 aliphatic rings. The van der Waals surface area contributed by atoms with E-state index in [1.807, 2.05) is 0 Å². The molecule has 12 heavy (non-hydrogen) atoms. The molecule has 3 nitrogen and oxygen atoms in total. The van der Waals surface area contributed by atoms with Crippen LogP contribution in [0.2, 0.25) is 0 Å². The van der Waals surface area contributed by atoms with Crippen LogP contribution in [0.15, 0.2) is 23.3 Å². The Balaban J connectivity index is 2.52. The van der Waals surface area contributed by atoms with Crippen molar-refractivity contribution in [2.45, 2.75) is 19.4 Å². The second-order valence-electron chi connectivity index (χ2n) is 2.49. The lowest BCUT2D eigenvalue weighted by Gasteiger charge is -2.01. The minimum Gasteiger partial charge on any atom is -0.299 e. The topological polar surface area (TPSA) is 34.9 Å². The standard InChI is InChI=1S/C8H11BrN2O/c9-4-1-2-6-11-7-3-5-10-8(11)12/h3,5,7H,1-2,4,6H2. The zero-order valence-electron chi connectivity index (χ0n) is 6.74. The van der Waals surface area contributed by atoms with Gasteiger partial charge < -0.3 is 0 Å². The van der Waals surface area contributed by atoms with Crippen molar-refractivity contribution in [2.75, 3.05) is 5.33 Å². The average molecular weight is 231 g/mol. The van der Waals surface area contributed by atoms with E-state index in [2.05, 4.69) is 20.9 Å². The number of alkyl halides is 1. The van der Waals surface area contributed by atoms with Gasteiger partial charge in [-0.25, -0.2) is 9.78 Å². The Kier molecular flexibility index (Phi) is 4.00. The molecule has 1 aromatic rings. The van der Waals surface area contributed by atoms with E-state index < -0.39 is 0 Å². The maximum absolute atomic E-state index is 11.1. The van der Waals surface area contributed by atoms with Crippen molar-refractivity contribution in [1.29, 1.82) is 0 Å². The van der Waals surface area contributed by atoms with Gasteiger partial charge in [0.2, 0.25) is 0 Å². The first kappa shape index (κ1) is 9.45. The van der Waals surface area contributed by atoms with Crippen molar-refractivity contribution < 1.29 is 0 Å². The molecule has 0 aliphatic heterocycles.